The van der Waals surface area contributed by atoms with Crippen molar-refractivity contribution in [2.45, 2.75) is 18.9 Å². The Morgan fingerprint density at radius 3 is 2.51 bits per heavy atom. The molecule has 5 rings (SSSR count). The molecule has 0 saturated carbocycles. The Morgan fingerprint density at radius 2 is 1.77 bits per heavy atom. The fourth-order valence-corrected chi connectivity index (χ4v) is 4.52. The summed E-state index contributed by atoms with van der Waals surface area (Å²) >= 11 is 0. The highest BCUT2D eigenvalue weighted by Crippen LogP contribution is 2.45. The molecule has 35 heavy (non-hydrogen) atoms. The van der Waals surface area contributed by atoms with Gasteiger partial charge >= 0.3 is 5.97 Å². The zero-order chi connectivity index (χ0) is 24.4. The lowest BCUT2D eigenvalue weighted by Gasteiger charge is -2.41. The van der Waals surface area contributed by atoms with Gasteiger partial charge in [0.2, 0.25) is 6.79 Å². The quantitative estimate of drug-likeness (QED) is 0.508. The summed E-state index contributed by atoms with van der Waals surface area (Å²) in [7, 11) is 0. The molecule has 2 aliphatic heterocycles. The fourth-order valence-electron chi connectivity index (χ4n) is 4.52. The Hall–Kier alpha value is -4.57. The smallest absolute Gasteiger partial charge is 0.338 e. The van der Waals surface area contributed by atoms with Crippen molar-refractivity contribution in [3.63, 3.8) is 0 Å². The van der Waals surface area contributed by atoms with E-state index in [-0.39, 0.29) is 25.7 Å². The molecule has 3 aromatic rings. The molecular formula is C28H22N2O5. The molecule has 0 N–H and O–H groups in total. The third kappa shape index (κ3) is 3.79. The Kier molecular flexibility index (Phi) is 5.71. The van der Waals surface area contributed by atoms with Crippen LogP contribution >= 0.6 is 0 Å². The van der Waals surface area contributed by atoms with E-state index in [1.807, 2.05) is 12.1 Å². The minimum Gasteiger partial charge on any atom is -0.462 e. The second kappa shape index (κ2) is 8.99. The molecule has 0 fully saturated rings. The first-order valence-corrected chi connectivity index (χ1v) is 11.2. The predicted molar refractivity (Wildman–Crippen MR) is 128 cm³/mol. The molecule has 0 spiro atoms. The lowest BCUT2D eigenvalue weighted by molar-refractivity contribution is 0.0524. The number of carbonyl (C=O) groups excluding carboxylic acids is 2. The number of esters is 1. The van der Waals surface area contributed by atoms with E-state index in [1.165, 1.54) is 4.90 Å². The van der Waals surface area contributed by atoms with Gasteiger partial charge in [-0.15, -0.1) is 0 Å². The van der Waals surface area contributed by atoms with Gasteiger partial charge in [0.15, 0.2) is 17.0 Å². The first-order valence-electron chi connectivity index (χ1n) is 11.2. The number of nitrogens with zero attached hydrogens (tertiary/aromatic N) is 2. The van der Waals surface area contributed by atoms with Crippen LogP contribution in [0.4, 0.5) is 0 Å². The van der Waals surface area contributed by atoms with Crippen LogP contribution in [0.2, 0.25) is 0 Å². The number of rotatable bonds is 5. The summed E-state index contributed by atoms with van der Waals surface area (Å²) < 4.78 is 16.4. The summed E-state index contributed by atoms with van der Waals surface area (Å²) in [5.41, 5.74) is 1.27. The second-order valence-electron chi connectivity index (χ2n) is 8.18. The van der Waals surface area contributed by atoms with Crippen molar-refractivity contribution < 1.29 is 23.8 Å². The van der Waals surface area contributed by atoms with Crippen LogP contribution in [0.5, 0.6) is 11.5 Å². The zero-order valence-electron chi connectivity index (χ0n) is 19.1. The van der Waals surface area contributed by atoms with Crippen LogP contribution in [0.3, 0.4) is 0 Å². The molecule has 2 aliphatic rings. The molecule has 0 saturated heterocycles. The van der Waals surface area contributed by atoms with E-state index in [0.717, 1.165) is 5.56 Å². The maximum Gasteiger partial charge on any atom is 0.338 e. The molecule has 1 amide bonds. The predicted octanol–water partition coefficient (Wildman–Crippen LogP) is 4.68. The molecule has 1 unspecified atom stereocenters. The van der Waals surface area contributed by atoms with Gasteiger partial charge in [-0.1, -0.05) is 36.4 Å². The van der Waals surface area contributed by atoms with Crippen molar-refractivity contribution in [1.82, 2.24) is 4.90 Å². The molecule has 0 radical (unpaired) electrons. The van der Waals surface area contributed by atoms with Gasteiger partial charge in [0.05, 0.1) is 18.2 Å². The highest BCUT2D eigenvalue weighted by Gasteiger charge is 2.46. The normalized spacial score (nSPS) is 17.4. The van der Waals surface area contributed by atoms with Crippen molar-refractivity contribution >= 4 is 18.0 Å². The third-order valence-corrected chi connectivity index (χ3v) is 6.19. The molecule has 174 valence electrons. The standard InChI is InChI=1S/C28H22N2O5/c1-2-33-27(32)22-11-7-6-10-21(22)16-28(17-29)23-15-25-24(34-18-35-25)14-20(23)12-13-30(28)26(31)19-8-4-3-5-9-19/h3-15H,2,16,18H2,1H3. The van der Waals surface area contributed by atoms with Crippen molar-refractivity contribution in [3.05, 3.63) is 101 Å². The molecule has 0 aromatic heterocycles. The van der Waals surface area contributed by atoms with E-state index in [4.69, 9.17) is 14.2 Å². The van der Waals surface area contributed by atoms with E-state index >= 15 is 0 Å². The number of ether oxygens (including phenoxy) is 3. The number of nitriles is 1. The molecule has 2 heterocycles. The first-order chi connectivity index (χ1) is 17.1. The minimum atomic E-state index is -1.46. The first kappa shape index (κ1) is 22.2. The van der Waals surface area contributed by atoms with Gasteiger partial charge in [-0.05, 0) is 54.5 Å². The van der Waals surface area contributed by atoms with Crippen LogP contribution in [0.1, 0.15) is 44.3 Å². The Balaban J connectivity index is 1.69. The summed E-state index contributed by atoms with van der Waals surface area (Å²) in [6, 6.07) is 21.8. The zero-order valence-corrected chi connectivity index (χ0v) is 19.1. The van der Waals surface area contributed by atoms with Crippen LogP contribution in [-0.4, -0.2) is 30.2 Å². The lowest BCUT2D eigenvalue weighted by Crippen LogP contribution is -2.49. The SMILES string of the molecule is CCOC(=O)c1ccccc1CC1(C#N)c2cc3c(cc2C=CN1C(=O)c1ccccc1)OCO3. The van der Waals surface area contributed by atoms with Gasteiger partial charge in [-0.3, -0.25) is 9.69 Å². The highest BCUT2D eigenvalue weighted by molar-refractivity contribution is 5.97. The van der Waals surface area contributed by atoms with Gasteiger partial charge in [0.1, 0.15) is 0 Å². The Bertz CT molecular complexity index is 1380. The molecule has 1 atom stereocenters. The second-order valence-corrected chi connectivity index (χ2v) is 8.18. The molecular weight excluding hydrogens is 444 g/mol. The molecule has 7 nitrogen and oxygen atoms in total. The van der Waals surface area contributed by atoms with Gasteiger partial charge in [-0.2, -0.15) is 5.26 Å². The Labute approximate surface area is 202 Å². The molecule has 0 aliphatic carbocycles. The topological polar surface area (TPSA) is 88.9 Å². The van der Waals surface area contributed by atoms with Crippen LogP contribution in [0.15, 0.2) is 72.9 Å². The number of benzene rings is 3. The van der Waals surface area contributed by atoms with Gasteiger partial charge in [0, 0.05) is 23.7 Å². The lowest BCUT2D eigenvalue weighted by atomic mass is 9.77. The molecule has 7 heteroatoms. The Morgan fingerprint density at radius 1 is 1.06 bits per heavy atom. The summed E-state index contributed by atoms with van der Waals surface area (Å²) in [5, 5.41) is 10.7. The maximum atomic E-state index is 13.7. The molecule has 0 bridgehead atoms. The highest BCUT2D eigenvalue weighted by atomic mass is 16.7. The fraction of sp³-hybridized carbons (Fsp3) is 0.179. The summed E-state index contributed by atoms with van der Waals surface area (Å²) in [4.78, 5) is 27.8. The van der Waals surface area contributed by atoms with Gasteiger partial charge in [0.25, 0.3) is 5.91 Å². The number of amides is 1. The maximum absolute atomic E-state index is 13.7. The van der Waals surface area contributed by atoms with Crippen LogP contribution < -0.4 is 9.47 Å². The summed E-state index contributed by atoms with van der Waals surface area (Å²) in [6.07, 6.45) is 3.47. The van der Waals surface area contributed by atoms with E-state index in [2.05, 4.69) is 6.07 Å². The van der Waals surface area contributed by atoms with E-state index < -0.39 is 11.5 Å². The number of carbonyl (C=O) groups is 2. The number of hydrogen-bond donors (Lipinski definition) is 0. The average molecular weight is 466 g/mol. The van der Waals surface area contributed by atoms with E-state index in [9.17, 15) is 14.9 Å². The largest absolute Gasteiger partial charge is 0.462 e. The van der Waals surface area contributed by atoms with Crippen molar-refractivity contribution in [2.24, 2.45) is 0 Å². The van der Waals surface area contributed by atoms with E-state index in [1.54, 1.807) is 73.8 Å². The number of hydrogen-bond acceptors (Lipinski definition) is 6. The van der Waals surface area contributed by atoms with Crippen molar-refractivity contribution in [3.8, 4) is 17.6 Å². The van der Waals surface area contributed by atoms with Crippen LogP contribution in [-0.2, 0) is 16.7 Å². The molecule has 3 aromatic carbocycles. The van der Waals surface area contributed by atoms with E-state index in [0.29, 0.717) is 33.8 Å². The van der Waals surface area contributed by atoms with Crippen molar-refractivity contribution in [2.75, 3.05) is 13.4 Å². The van der Waals surface area contributed by atoms with Gasteiger partial charge in [-0.25, -0.2) is 4.79 Å². The van der Waals surface area contributed by atoms with Crippen LogP contribution in [0, 0.1) is 11.3 Å². The minimum absolute atomic E-state index is 0.0635. The van der Waals surface area contributed by atoms with Crippen LogP contribution in [0.25, 0.3) is 6.08 Å². The summed E-state index contributed by atoms with van der Waals surface area (Å²) in [5.74, 6) is 0.272. The summed E-state index contributed by atoms with van der Waals surface area (Å²) in [6.45, 7) is 2.05. The number of fused-ring (bicyclic) bond motifs is 2. The van der Waals surface area contributed by atoms with Crippen molar-refractivity contribution in [1.29, 1.82) is 5.26 Å². The third-order valence-electron chi connectivity index (χ3n) is 6.19. The average Bonchev–Trinajstić information content (AvgIpc) is 3.36. The monoisotopic (exact) mass is 466 g/mol. The van der Waals surface area contributed by atoms with Gasteiger partial charge < -0.3 is 14.2 Å².